The lowest BCUT2D eigenvalue weighted by atomic mass is 10.1. The van der Waals surface area contributed by atoms with Gasteiger partial charge in [-0.25, -0.2) is 13.2 Å². The van der Waals surface area contributed by atoms with Gasteiger partial charge in [0.25, 0.3) is 0 Å². The first kappa shape index (κ1) is 22.8. The number of aliphatic imine (C=N–C) groups is 1. The molecule has 0 amide bonds. The minimum absolute atomic E-state index is 0. The van der Waals surface area contributed by atoms with Crippen molar-refractivity contribution in [2.75, 3.05) is 25.0 Å². The maximum atomic E-state index is 14.0. The molecule has 0 radical (unpaired) electrons. The minimum atomic E-state index is -0.602. The zero-order valence-corrected chi connectivity index (χ0v) is 18.1. The largest absolute Gasteiger partial charge is 0.367 e. The number of hydrogen-bond acceptors (Lipinski definition) is 3. The van der Waals surface area contributed by atoms with Crippen LogP contribution in [0, 0.1) is 28.8 Å². The summed E-state index contributed by atoms with van der Waals surface area (Å²) in [5.74, 6) is -1.15. The van der Waals surface area contributed by atoms with Crippen LogP contribution >= 0.6 is 24.0 Å². The Morgan fingerprint density at radius 1 is 1.21 bits per heavy atom. The molecule has 1 aliphatic heterocycles. The molecule has 2 N–H and O–H groups in total. The van der Waals surface area contributed by atoms with Crippen LogP contribution < -0.4 is 15.5 Å². The Balaban J connectivity index is 0.00000300. The molecule has 0 bridgehead atoms. The monoisotopic (exact) mass is 515 g/mol. The van der Waals surface area contributed by atoms with Crippen molar-refractivity contribution in [3.63, 3.8) is 0 Å². The summed E-state index contributed by atoms with van der Waals surface area (Å²) < 4.78 is 41.0. The lowest BCUT2D eigenvalue weighted by molar-refractivity contribution is 0.580. The number of nitriles is 1. The van der Waals surface area contributed by atoms with Crippen molar-refractivity contribution < 1.29 is 13.2 Å². The molecule has 0 aliphatic carbocycles. The molecule has 0 aromatic heterocycles. The van der Waals surface area contributed by atoms with E-state index in [9.17, 15) is 13.2 Å². The standard InChI is InChI=1S/C20H20F3N5.HI/c1-25-20(26-11-14-3-2-13(10-24)8-17(14)22)27-16-6-7-28(12-16)19-5-4-15(21)9-18(19)23;/h2-5,8-9,16H,6-7,11-12H2,1H3,(H2,25,26,27);1H. The van der Waals surface area contributed by atoms with Gasteiger partial charge < -0.3 is 15.5 Å². The number of rotatable bonds is 4. The molecule has 1 fully saturated rings. The number of halogens is 4. The zero-order chi connectivity index (χ0) is 20.1. The summed E-state index contributed by atoms with van der Waals surface area (Å²) in [5, 5.41) is 15.1. The van der Waals surface area contributed by atoms with Gasteiger partial charge in [0.2, 0.25) is 0 Å². The molecular formula is C20H21F3IN5. The van der Waals surface area contributed by atoms with Crippen LogP contribution in [0.5, 0.6) is 0 Å². The third kappa shape index (κ3) is 5.76. The van der Waals surface area contributed by atoms with Crippen molar-refractivity contribution in [2.24, 2.45) is 4.99 Å². The van der Waals surface area contributed by atoms with Crippen molar-refractivity contribution in [2.45, 2.75) is 19.0 Å². The van der Waals surface area contributed by atoms with Gasteiger partial charge in [0, 0.05) is 44.4 Å². The molecule has 1 aliphatic rings. The second-order valence-corrected chi connectivity index (χ2v) is 6.52. The third-order valence-corrected chi connectivity index (χ3v) is 4.63. The fraction of sp³-hybridized carbons (Fsp3) is 0.300. The van der Waals surface area contributed by atoms with Crippen LogP contribution in [0.25, 0.3) is 0 Å². The number of benzene rings is 2. The van der Waals surface area contributed by atoms with Crippen molar-refractivity contribution in [3.8, 4) is 6.07 Å². The quantitative estimate of drug-likeness (QED) is 0.372. The van der Waals surface area contributed by atoms with E-state index in [-0.39, 0.29) is 42.1 Å². The van der Waals surface area contributed by atoms with Gasteiger partial charge in [-0.1, -0.05) is 6.07 Å². The van der Waals surface area contributed by atoms with Gasteiger partial charge in [0.05, 0.1) is 17.3 Å². The predicted octanol–water partition coefficient (Wildman–Crippen LogP) is 3.54. The highest BCUT2D eigenvalue weighted by molar-refractivity contribution is 14.0. The lowest BCUT2D eigenvalue weighted by Gasteiger charge is -2.21. The fourth-order valence-electron chi connectivity index (χ4n) is 3.16. The van der Waals surface area contributed by atoms with E-state index >= 15 is 0 Å². The first-order valence-corrected chi connectivity index (χ1v) is 8.86. The van der Waals surface area contributed by atoms with Crippen molar-refractivity contribution >= 4 is 35.6 Å². The Morgan fingerprint density at radius 3 is 2.66 bits per heavy atom. The summed E-state index contributed by atoms with van der Waals surface area (Å²) in [6.45, 7) is 1.37. The molecule has 29 heavy (non-hydrogen) atoms. The van der Waals surface area contributed by atoms with Crippen LogP contribution in [0.3, 0.4) is 0 Å². The fourth-order valence-corrected chi connectivity index (χ4v) is 3.16. The molecular weight excluding hydrogens is 494 g/mol. The van der Waals surface area contributed by atoms with E-state index in [0.717, 1.165) is 12.5 Å². The van der Waals surface area contributed by atoms with Gasteiger partial charge in [0.1, 0.15) is 17.5 Å². The van der Waals surface area contributed by atoms with Crippen LogP contribution in [-0.2, 0) is 6.54 Å². The molecule has 1 heterocycles. The van der Waals surface area contributed by atoms with Crippen molar-refractivity contribution in [3.05, 3.63) is 65.0 Å². The van der Waals surface area contributed by atoms with Crippen LogP contribution in [0.1, 0.15) is 17.5 Å². The Kier molecular flexibility index (Phi) is 8.13. The summed E-state index contributed by atoms with van der Waals surface area (Å²) in [6.07, 6.45) is 0.753. The van der Waals surface area contributed by atoms with Crippen LogP contribution in [0.15, 0.2) is 41.4 Å². The second kappa shape index (κ2) is 10.3. The van der Waals surface area contributed by atoms with E-state index in [2.05, 4.69) is 15.6 Å². The zero-order valence-electron chi connectivity index (χ0n) is 15.8. The maximum Gasteiger partial charge on any atom is 0.191 e. The Hall–Kier alpha value is -2.48. The number of anilines is 1. The molecule has 9 heteroatoms. The molecule has 2 aromatic carbocycles. The summed E-state index contributed by atoms with van der Waals surface area (Å²) in [7, 11) is 1.61. The Bertz CT molecular complexity index is 929. The highest BCUT2D eigenvalue weighted by Gasteiger charge is 2.25. The number of nitrogens with one attached hydrogen (secondary N) is 2. The molecule has 0 spiro atoms. The van der Waals surface area contributed by atoms with E-state index in [4.69, 9.17) is 5.26 Å². The number of guanidine groups is 1. The molecule has 1 saturated heterocycles. The third-order valence-electron chi connectivity index (χ3n) is 4.63. The van der Waals surface area contributed by atoms with Crippen molar-refractivity contribution in [1.82, 2.24) is 10.6 Å². The van der Waals surface area contributed by atoms with E-state index in [1.807, 2.05) is 11.0 Å². The molecule has 1 atom stereocenters. The van der Waals surface area contributed by atoms with E-state index < -0.39 is 17.5 Å². The van der Waals surface area contributed by atoms with Gasteiger partial charge in [0.15, 0.2) is 5.96 Å². The van der Waals surface area contributed by atoms with Gasteiger partial charge >= 0.3 is 0 Å². The van der Waals surface area contributed by atoms with Crippen LogP contribution in [0.4, 0.5) is 18.9 Å². The lowest BCUT2D eigenvalue weighted by Crippen LogP contribution is -2.44. The summed E-state index contributed by atoms with van der Waals surface area (Å²) in [4.78, 5) is 5.98. The topological polar surface area (TPSA) is 63.5 Å². The maximum absolute atomic E-state index is 14.0. The highest BCUT2D eigenvalue weighted by atomic mass is 127. The number of nitrogens with zero attached hydrogens (tertiary/aromatic N) is 3. The summed E-state index contributed by atoms with van der Waals surface area (Å²) in [5.41, 5.74) is 1.06. The Labute approximate surface area is 184 Å². The molecule has 1 unspecified atom stereocenters. The average molecular weight is 515 g/mol. The highest BCUT2D eigenvalue weighted by Crippen LogP contribution is 2.24. The molecule has 3 rings (SSSR count). The second-order valence-electron chi connectivity index (χ2n) is 6.52. The molecule has 154 valence electrons. The average Bonchev–Trinajstić information content (AvgIpc) is 3.14. The first-order chi connectivity index (χ1) is 13.5. The number of hydrogen-bond donors (Lipinski definition) is 2. The van der Waals surface area contributed by atoms with Gasteiger partial charge in [-0.15, -0.1) is 24.0 Å². The smallest absolute Gasteiger partial charge is 0.191 e. The van der Waals surface area contributed by atoms with Crippen LogP contribution in [-0.4, -0.2) is 32.1 Å². The summed E-state index contributed by atoms with van der Waals surface area (Å²) in [6, 6.07) is 9.78. The van der Waals surface area contributed by atoms with Gasteiger partial charge in [-0.2, -0.15) is 5.26 Å². The summed E-state index contributed by atoms with van der Waals surface area (Å²) >= 11 is 0. The van der Waals surface area contributed by atoms with Gasteiger partial charge in [-0.05, 0) is 30.7 Å². The van der Waals surface area contributed by atoms with E-state index in [1.165, 1.54) is 18.2 Å². The normalized spacial score (nSPS) is 16.2. The van der Waals surface area contributed by atoms with Crippen LogP contribution in [0.2, 0.25) is 0 Å². The molecule has 5 nitrogen and oxygen atoms in total. The van der Waals surface area contributed by atoms with Crippen molar-refractivity contribution in [1.29, 1.82) is 5.26 Å². The molecule has 2 aromatic rings. The predicted molar refractivity (Wildman–Crippen MR) is 117 cm³/mol. The van der Waals surface area contributed by atoms with Gasteiger partial charge in [-0.3, -0.25) is 4.99 Å². The minimum Gasteiger partial charge on any atom is -0.367 e. The molecule has 0 saturated carbocycles. The SMILES string of the molecule is CN=C(NCc1ccc(C#N)cc1F)NC1CCN(c2ccc(F)cc2F)C1.I. The first-order valence-electron chi connectivity index (χ1n) is 8.86. The van der Waals surface area contributed by atoms with E-state index in [0.29, 0.717) is 30.3 Å². The Morgan fingerprint density at radius 2 is 2.00 bits per heavy atom. The van der Waals surface area contributed by atoms with E-state index in [1.54, 1.807) is 19.2 Å².